The van der Waals surface area contributed by atoms with Crippen LogP contribution < -0.4 is 15.5 Å². The first-order chi connectivity index (χ1) is 15.1. The smallest absolute Gasteiger partial charge is 0.304 e. The summed E-state index contributed by atoms with van der Waals surface area (Å²) in [6.45, 7) is 2.01. The van der Waals surface area contributed by atoms with Crippen LogP contribution in [-0.4, -0.2) is 35.9 Å². The molecule has 1 fully saturated rings. The van der Waals surface area contributed by atoms with Gasteiger partial charge in [0.15, 0.2) is 6.04 Å². The maximum atomic E-state index is 12.9. The van der Waals surface area contributed by atoms with Gasteiger partial charge in [0.1, 0.15) is 5.75 Å². The maximum absolute atomic E-state index is 12.9. The Balaban J connectivity index is 1.72. The third kappa shape index (κ3) is 4.33. The minimum Gasteiger partial charge on any atom is -0.497 e. The Bertz CT molecular complexity index is 1120. The Morgan fingerprint density at radius 2 is 1.68 bits per heavy atom. The second kappa shape index (κ2) is 8.83. The summed E-state index contributed by atoms with van der Waals surface area (Å²) >= 11 is 0. The van der Waals surface area contributed by atoms with Gasteiger partial charge in [-0.3, -0.25) is 9.59 Å². The number of aryl methyl sites for hydroxylation is 1. The van der Waals surface area contributed by atoms with Crippen LogP contribution in [0.3, 0.4) is 0 Å². The van der Waals surface area contributed by atoms with Crippen molar-refractivity contribution < 1.29 is 19.0 Å². The lowest BCUT2D eigenvalue weighted by atomic mass is 9.99. The van der Waals surface area contributed by atoms with Crippen molar-refractivity contribution in [3.63, 3.8) is 0 Å². The van der Waals surface area contributed by atoms with Crippen LogP contribution in [-0.2, 0) is 4.79 Å². The van der Waals surface area contributed by atoms with Crippen LogP contribution >= 0.6 is 0 Å². The number of carbonyl (C=O) groups excluding carboxylic acids is 2. The largest absolute Gasteiger partial charge is 0.497 e. The van der Waals surface area contributed by atoms with Gasteiger partial charge in [-0.1, -0.05) is 36.4 Å². The minimum absolute atomic E-state index is 0.269. The number of nitrogens with one attached hydrogen (secondary N) is 2. The lowest BCUT2D eigenvalue weighted by molar-refractivity contribution is -0.596. The minimum atomic E-state index is -0.763. The SMILES string of the molecule is COc1ccc([C@H]2[C@H](NC(=O)c3ccccc3)C(=O)N/[N+]2=C\c2ccccc2C)cc1. The third-order valence-corrected chi connectivity index (χ3v) is 5.38. The highest BCUT2D eigenvalue weighted by Gasteiger charge is 2.47. The monoisotopic (exact) mass is 414 g/mol. The molecule has 1 saturated heterocycles. The number of ether oxygens (including phenoxy) is 1. The molecular weight excluding hydrogens is 390 g/mol. The summed E-state index contributed by atoms with van der Waals surface area (Å²) in [5.41, 5.74) is 6.36. The number of rotatable bonds is 5. The average Bonchev–Trinajstić information content (AvgIpc) is 3.10. The van der Waals surface area contributed by atoms with Crippen LogP contribution in [0.4, 0.5) is 0 Å². The van der Waals surface area contributed by atoms with E-state index in [0.29, 0.717) is 5.56 Å². The summed E-state index contributed by atoms with van der Waals surface area (Å²) in [5, 5.41) is 2.91. The standard InChI is InChI=1S/C25H23N3O3/c1-17-8-6-7-11-20(17)16-28-23(18-12-14-21(31-2)15-13-18)22(25(30)27-28)26-24(29)19-9-4-3-5-10-19/h3-16,22-23H,1-2H3,(H-,26,27,29,30)/p+1/b28-16-/t22-,23-/m0/s1. The molecule has 0 saturated carbocycles. The number of benzene rings is 3. The van der Waals surface area contributed by atoms with Crippen LogP contribution in [0.5, 0.6) is 5.75 Å². The Labute approximate surface area is 181 Å². The maximum Gasteiger partial charge on any atom is 0.304 e. The molecule has 0 spiro atoms. The van der Waals surface area contributed by atoms with Gasteiger partial charge in [-0.15, -0.1) is 10.1 Å². The van der Waals surface area contributed by atoms with Crippen molar-refractivity contribution in [2.75, 3.05) is 7.11 Å². The van der Waals surface area contributed by atoms with Gasteiger partial charge < -0.3 is 10.1 Å². The molecule has 6 nitrogen and oxygen atoms in total. The van der Waals surface area contributed by atoms with Crippen LogP contribution in [0.2, 0.25) is 0 Å². The first-order valence-electron chi connectivity index (χ1n) is 10.1. The molecule has 0 unspecified atom stereocenters. The van der Waals surface area contributed by atoms with Gasteiger partial charge in [0.2, 0.25) is 12.3 Å². The molecule has 31 heavy (non-hydrogen) atoms. The molecule has 156 valence electrons. The zero-order chi connectivity index (χ0) is 21.8. The normalized spacial score (nSPS) is 19.2. The number of hydrazone groups is 1. The molecule has 6 heteroatoms. The first kappa shape index (κ1) is 20.3. The van der Waals surface area contributed by atoms with Gasteiger partial charge in [0.25, 0.3) is 5.91 Å². The lowest BCUT2D eigenvalue weighted by Gasteiger charge is -2.15. The molecule has 2 atom stereocenters. The Kier molecular flexibility index (Phi) is 5.80. The molecule has 3 aromatic carbocycles. The zero-order valence-corrected chi connectivity index (χ0v) is 17.4. The van der Waals surface area contributed by atoms with E-state index in [9.17, 15) is 9.59 Å². The van der Waals surface area contributed by atoms with Crippen LogP contribution in [0.1, 0.15) is 33.1 Å². The van der Waals surface area contributed by atoms with E-state index in [1.807, 2.05) is 67.7 Å². The summed E-state index contributed by atoms with van der Waals surface area (Å²) in [4.78, 5) is 25.7. The molecule has 4 rings (SSSR count). The van der Waals surface area contributed by atoms with Crippen LogP contribution in [0.25, 0.3) is 0 Å². The molecule has 1 aliphatic heterocycles. The van der Waals surface area contributed by atoms with Gasteiger partial charge in [0.05, 0.1) is 7.11 Å². The Morgan fingerprint density at radius 3 is 2.35 bits per heavy atom. The fourth-order valence-corrected chi connectivity index (χ4v) is 3.68. The van der Waals surface area contributed by atoms with E-state index in [-0.39, 0.29) is 11.8 Å². The Morgan fingerprint density at radius 1 is 1.00 bits per heavy atom. The molecule has 0 radical (unpaired) electrons. The van der Waals surface area contributed by atoms with Crippen molar-refractivity contribution in [2.45, 2.75) is 19.0 Å². The van der Waals surface area contributed by atoms with E-state index in [2.05, 4.69) is 10.7 Å². The predicted octanol–water partition coefficient (Wildman–Crippen LogP) is 3.02. The summed E-state index contributed by atoms with van der Waals surface area (Å²) in [6, 6.07) is 23.1. The van der Waals surface area contributed by atoms with Crippen molar-refractivity contribution in [3.8, 4) is 5.75 Å². The molecule has 1 aliphatic rings. The lowest BCUT2D eigenvalue weighted by Crippen LogP contribution is -2.42. The zero-order valence-electron chi connectivity index (χ0n) is 17.4. The van der Waals surface area contributed by atoms with Crippen molar-refractivity contribution in [2.24, 2.45) is 0 Å². The van der Waals surface area contributed by atoms with E-state index in [4.69, 9.17) is 4.74 Å². The van der Waals surface area contributed by atoms with Crippen molar-refractivity contribution in [3.05, 3.63) is 101 Å². The second-order valence-electron chi connectivity index (χ2n) is 7.40. The Hall–Kier alpha value is -3.93. The predicted molar refractivity (Wildman–Crippen MR) is 118 cm³/mol. The van der Waals surface area contributed by atoms with E-state index in [1.54, 1.807) is 36.1 Å². The highest BCUT2D eigenvalue weighted by atomic mass is 16.5. The van der Waals surface area contributed by atoms with Crippen LogP contribution in [0.15, 0.2) is 78.9 Å². The number of hydrazine groups is 1. The molecule has 0 aromatic heterocycles. The molecule has 2 N–H and O–H groups in total. The van der Waals surface area contributed by atoms with Gasteiger partial charge in [-0.25, -0.2) is 0 Å². The molecule has 3 aromatic rings. The van der Waals surface area contributed by atoms with Gasteiger partial charge in [-0.05, 0) is 55.0 Å². The molecule has 1 heterocycles. The fraction of sp³-hybridized carbons (Fsp3) is 0.160. The highest BCUT2D eigenvalue weighted by molar-refractivity contribution is 5.98. The molecular formula is C25H24N3O3+. The first-order valence-corrected chi connectivity index (χ1v) is 10.1. The summed E-state index contributed by atoms with van der Waals surface area (Å²) < 4.78 is 7.03. The summed E-state index contributed by atoms with van der Waals surface area (Å²) in [7, 11) is 1.61. The van der Waals surface area contributed by atoms with Crippen molar-refractivity contribution >= 4 is 18.0 Å². The number of carbonyl (C=O) groups is 2. The molecule has 0 aliphatic carbocycles. The van der Waals surface area contributed by atoms with Crippen molar-refractivity contribution in [1.82, 2.24) is 10.7 Å². The van der Waals surface area contributed by atoms with E-state index in [1.165, 1.54) is 0 Å². The van der Waals surface area contributed by atoms with E-state index in [0.717, 1.165) is 22.4 Å². The van der Waals surface area contributed by atoms with Crippen LogP contribution in [0, 0.1) is 6.92 Å². The average molecular weight is 414 g/mol. The quantitative estimate of drug-likeness (QED) is 0.631. The van der Waals surface area contributed by atoms with Crippen molar-refractivity contribution in [1.29, 1.82) is 0 Å². The summed E-state index contributed by atoms with van der Waals surface area (Å²) in [6.07, 6.45) is 1.90. The third-order valence-electron chi connectivity index (χ3n) is 5.38. The molecule has 0 bridgehead atoms. The fourth-order valence-electron chi connectivity index (χ4n) is 3.68. The number of hydrogen-bond acceptors (Lipinski definition) is 3. The number of amides is 2. The number of methoxy groups -OCH3 is 1. The highest BCUT2D eigenvalue weighted by Crippen LogP contribution is 2.27. The van der Waals surface area contributed by atoms with Gasteiger partial charge in [-0.2, -0.15) is 0 Å². The van der Waals surface area contributed by atoms with Gasteiger partial charge in [0, 0.05) is 16.7 Å². The number of hydrogen-bond donors (Lipinski definition) is 2. The second-order valence-corrected chi connectivity index (χ2v) is 7.40. The van der Waals surface area contributed by atoms with E-state index < -0.39 is 12.1 Å². The van der Waals surface area contributed by atoms with Gasteiger partial charge >= 0.3 is 5.91 Å². The number of nitrogens with zero attached hydrogens (tertiary/aromatic N) is 1. The topological polar surface area (TPSA) is 70.4 Å². The van der Waals surface area contributed by atoms with E-state index >= 15 is 0 Å². The summed E-state index contributed by atoms with van der Waals surface area (Å²) in [5.74, 6) is 0.160. The molecule has 2 amide bonds.